The number of carbonyl (C=O) groups is 1. The fourth-order valence-electron chi connectivity index (χ4n) is 1.50. The van der Waals surface area contributed by atoms with Gasteiger partial charge >= 0.3 is 5.97 Å². The van der Waals surface area contributed by atoms with Crippen LogP contribution in [0, 0.1) is 0 Å². The summed E-state index contributed by atoms with van der Waals surface area (Å²) in [6, 6.07) is 2.84. The summed E-state index contributed by atoms with van der Waals surface area (Å²) in [5.74, 6) is -0.715. The van der Waals surface area contributed by atoms with Gasteiger partial charge in [-0.3, -0.25) is 4.79 Å². The lowest BCUT2D eigenvalue weighted by molar-refractivity contribution is -0.140. The molecule has 7 nitrogen and oxygen atoms in total. The minimum atomic E-state index is -3.85. The molecule has 1 aromatic heterocycles. The van der Waals surface area contributed by atoms with Crippen molar-refractivity contribution < 1.29 is 17.9 Å². The predicted octanol–water partition coefficient (Wildman–Crippen LogP) is 0.238. The van der Waals surface area contributed by atoms with Crippen LogP contribution in [0.4, 0.5) is 5.82 Å². The van der Waals surface area contributed by atoms with E-state index in [1.165, 1.54) is 25.4 Å². The van der Waals surface area contributed by atoms with Gasteiger partial charge in [0.25, 0.3) is 0 Å². The van der Waals surface area contributed by atoms with Crippen LogP contribution >= 0.6 is 0 Å². The predicted molar refractivity (Wildman–Crippen MR) is 69.7 cm³/mol. The third-order valence-electron chi connectivity index (χ3n) is 2.42. The average molecular weight is 287 g/mol. The zero-order valence-electron chi connectivity index (χ0n) is 10.9. The number of nitrogens with zero attached hydrogens (tertiary/aromatic N) is 2. The molecule has 1 heterocycles. The number of nitrogen functional groups attached to an aromatic ring is 1. The fraction of sp³-hybridized carbons (Fsp3) is 0.455. The van der Waals surface area contributed by atoms with Crippen molar-refractivity contribution in [1.82, 2.24) is 9.29 Å². The highest BCUT2D eigenvalue weighted by atomic mass is 32.2. The van der Waals surface area contributed by atoms with Crippen molar-refractivity contribution in [2.24, 2.45) is 0 Å². The van der Waals surface area contributed by atoms with Gasteiger partial charge in [-0.25, -0.2) is 13.4 Å². The highest BCUT2D eigenvalue weighted by Gasteiger charge is 2.28. The van der Waals surface area contributed by atoms with E-state index < -0.39 is 16.0 Å². The Hall–Kier alpha value is -1.67. The summed E-state index contributed by atoms with van der Waals surface area (Å²) in [4.78, 5) is 14.9. The average Bonchev–Trinajstić information content (AvgIpc) is 2.38. The molecule has 0 saturated heterocycles. The normalized spacial score (nSPS) is 11.5. The molecule has 0 aliphatic heterocycles. The molecule has 0 saturated carbocycles. The van der Waals surface area contributed by atoms with Gasteiger partial charge in [0.1, 0.15) is 17.3 Å². The third kappa shape index (κ3) is 3.65. The molecule has 0 bridgehead atoms. The Labute approximate surface area is 112 Å². The molecule has 0 fully saturated rings. The number of methoxy groups -OCH3 is 1. The molecule has 19 heavy (non-hydrogen) atoms. The quantitative estimate of drug-likeness (QED) is 0.752. The van der Waals surface area contributed by atoms with Crippen molar-refractivity contribution in [3.63, 3.8) is 0 Å². The molecule has 0 amide bonds. The van der Waals surface area contributed by atoms with Gasteiger partial charge in [-0.1, -0.05) is 6.92 Å². The van der Waals surface area contributed by atoms with E-state index in [9.17, 15) is 13.2 Å². The smallest absolute Gasteiger partial charge is 0.321 e. The molecular formula is C11H17N3O4S. The van der Waals surface area contributed by atoms with Crippen molar-refractivity contribution in [3.8, 4) is 0 Å². The number of hydrogen-bond acceptors (Lipinski definition) is 6. The van der Waals surface area contributed by atoms with Crippen LogP contribution in [0.5, 0.6) is 0 Å². The summed E-state index contributed by atoms with van der Waals surface area (Å²) in [6.07, 6.45) is 1.97. The number of esters is 1. The number of rotatable bonds is 6. The molecule has 1 aromatic rings. The highest BCUT2D eigenvalue weighted by Crippen LogP contribution is 2.20. The van der Waals surface area contributed by atoms with Crippen molar-refractivity contribution in [3.05, 3.63) is 18.3 Å². The van der Waals surface area contributed by atoms with Crippen LogP contribution in [0.1, 0.15) is 13.3 Å². The van der Waals surface area contributed by atoms with Gasteiger partial charge in [0.15, 0.2) is 0 Å². The van der Waals surface area contributed by atoms with E-state index in [0.29, 0.717) is 6.42 Å². The second-order valence-corrected chi connectivity index (χ2v) is 5.71. The Bertz CT molecular complexity index is 545. The molecule has 0 aromatic carbocycles. The number of anilines is 1. The van der Waals surface area contributed by atoms with Gasteiger partial charge in [-0.15, -0.1) is 0 Å². The Morgan fingerprint density at radius 3 is 2.74 bits per heavy atom. The first-order valence-electron chi connectivity index (χ1n) is 5.71. The largest absolute Gasteiger partial charge is 0.468 e. The standard InChI is InChI=1S/C11H17N3O4S/c1-3-7-14(8-10(15)18-2)19(16,17)9-5-4-6-13-11(9)12/h4-6H,3,7-8H2,1-2H3,(H2,12,13). The van der Waals surface area contributed by atoms with Crippen molar-refractivity contribution in [2.75, 3.05) is 25.9 Å². The second-order valence-electron chi connectivity index (χ2n) is 3.80. The van der Waals surface area contributed by atoms with E-state index in [0.717, 1.165) is 4.31 Å². The SMILES string of the molecule is CCCN(CC(=O)OC)S(=O)(=O)c1cccnc1N. The maximum atomic E-state index is 12.4. The summed E-state index contributed by atoms with van der Waals surface area (Å²) < 4.78 is 30.3. The number of carbonyl (C=O) groups excluding carboxylic acids is 1. The van der Waals surface area contributed by atoms with Crippen LogP contribution in [0.3, 0.4) is 0 Å². The van der Waals surface area contributed by atoms with Gasteiger partial charge in [0.05, 0.1) is 7.11 Å². The Balaban J connectivity index is 3.13. The zero-order valence-corrected chi connectivity index (χ0v) is 11.7. The van der Waals surface area contributed by atoms with Crippen molar-refractivity contribution in [2.45, 2.75) is 18.2 Å². The molecule has 0 unspecified atom stereocenters. The summed E-state index contributed by atoms with van der Waals surface area (Å²) in [5.41, 5.74) is 5.57. The lowest BCUT2D eigenvalue weighted by Crippen LogP contribution is -2.37. The van der Waals surface area contributed by atoms with Crippen LogP contribution in [0.25, 0.3) is 0 Å². The fourth-order valence-corrected chi connectivity index (χ4v) is 3.05. The van der Waals surface area contributed by atoms with Gasteiger partial charge in [-0.2, -0.15) is 4.31 Å². The molecule has 0 spiro atoms. The van der Waals surface area contributed by atoms with Gasteiger partial charge in [0.2, 0.25) is 10.0 Å². The van der Waals surface area contributed by atoms with Crippen molar-refractivity contribution in [1.29, 1.82) is 0 Å². The molecule has 1 rings (SSSR count). The van der Waals surface area contributed by atoms with E-state index in [1.807, 2.05) is 6.92 Å². The van der Waals surface area contributed by atoms with E-state index in [1.54, 1.807) is 0 Å². The van der Waals surface area contributed by atoms with Crippen LogP contribution < -0.4 is 5.73 Å². The Morgan fingerprint density at radius 2 is 2.21 bits per heavy atom. The van der Waals surface area contributed by atoms with E-state index >= 15 is 0 Å². The molecule has 0 aliphatic carbocycles. The van der Waals surface area contributed by atoms with Crippen LogP contribution in [0.2, 0.25) is 0 Å². The molecular weight excluding hydrogens is 270 g/mol. The molecule has 0 radical (unpaired) electrons. The number of sulfonamides is 1. The van der Waals surface area contributed by atoms with Gasteiger partial charge in [0, 0.05) is 12.7 Å². The van der Waals surface area contributed by atoms with Gasteiger partial charge < -0.3 is 10.5 Å². The summed E-state index contributed by atoms with van der Waals surface area (Å²) >= 11 is 0. The zero-order chi connectivity index (χ0) is 14.5. The molecule has 2 N–H and O–H groups in total. The molecule has 0 atom stereocenters. The first-order valence-corrected chi connectivity index (χ1v) is 7.15. The van der Waals surface area contributed by atoms with E-state index in [-0.39, 0.29) is 23.8 Å². The first-order chi connectivity index (χ1) is 8.93. The second kappa shape index (κ2) is 6.48. The minimum absolute atomic E-state index is 0.0894. The lowest BCUT2D eigenvalue weighted by Gasteiger charge is -2.20. The number of pyridine rings is 1. The summed E-state index contributed by atoms with van der Waals surface area (Å²) in [5, 5.41) is 0. The third-order valence-corrected chi connectivity index (χ3v) is 4.32. The lowest BCUT2D eigenvalue weighted by atomic mass is 10.5. The van der Waals surface area contributed by atoms with Crippen LogP contribution in [0.15, 0.2) is 23.2 Å². The Morgan fingerprint density at radius 1 is 1.53 bits per heavy atom. The maximum Gasteiger partial charge on any atom is 0.321 e. The minimum Gasteiger partial charge on any atom is -0.468 e. The first kappa shape index (κ1) is 15.4. The monoisotopic (exact) mass is 287 g/mol. The number of nitrogens with two attached hydrogens (primary N) is 1. The van der Waals surface area contributed by atoms with E-state index in [4.69, 9.17) is 5.73 Å². The number of ether oxygens (including phenoxy) is 1. The van der Waals surface area contributed by atoms with Crippen LogP contribution in [-0.4, -0.2) is 43.9 Å². The van der Waals surface area contributed by atoms with Crippen molar-refractivity contribution >= 4 is 21.8 Å². The number of aromatic nitrogens is 1. The van der Waals surface area contributed by atoms with Gasteiger partial charge in [-0.05, 0) is 18.6 Å². The summed E-state index contributed by atoms with van der Waals surface area (Å²) in [7, 11) is -2.65. The van der Waals surface area contributed by atoms with E-state index in [2.05, 4.69) is 9.72 Å². The summed E-state index contributed by atoms with van der Waals surface area (Å²) in [6.45, 7) is 1.67. The molecule has 106 valence electrons. The molecule has 8 heteroatoms. The maximum absolute atomic E-state index is 12.4. The molecule has 0 aliphatic rings. The topological polar surface area (TPSA) is 103 Å². The highest BCUT2D eigenvalue weighted by molar-refractivity contribution is 7.89. The Kier molecular flexibility index (Phi) is 5.25. The number of hydrogen-bond donors (Lipinski definition) is 1. The van der Waals surface area contributed by atoms with Crippen LogP contribution in [-0.2, 0) is 19.6 Å².